The molecule has 0 aliphatic carbocycles. The van der Waals surface area contributed by atoms with E-state index in [1.165, 1.54) is 0 Å². The van der Waals surface area contributed by atoms with Gasteiger partial charge in [-0.3, -0.25) is 9.69 Å². The van der Waals surface area contributed by atoms with Crippen LogP contribution in [0.1, 0.15) is 13.8 Å². The van der Waals surface area contributed by atoms with Gasteiger partial charge in [0.15, 0.2) is 0 Å². The van der Waals surface area contributed by atoms with E-state index in [2.05, 4.69) is 9.80 Å². The summed E-state index contributed by atoms with van der Waals surface area (Å²) in [4.78, 5) is 16.0. The van der Waals surface area contributed by atoms with Crippen molar-refractivity contribution >= 4 is 17.3 Å². The van der Waals surface area contributed by atoms with Crippen molar-refractivity contribution in [3.05, 3.63) is 24.3 Å². The molecule has 1 fully saturated rings. The summed E-state index contributed by atoms with van der Waals surface area (Å²) in [5, 5.41) is 0. The van der Waals surface area contributed by atoms with Crippen LogP contribution in [0.15, 0.2) is 24.3 Å². The molecule has 5 nitrogen and oxygen atoms in total. The SMILES string of the molecule is CC(C)OC(=O)CN1CCN(c2ccccc2N)CC1. The second kappa shape index (κ2) is 6.61. The van der Waals surface area contributed by atoms with Crippen molar-refractivity contribution < 1.29 is 9.53 Å². The number of benzene rings is 1. The van der Waals surface area contributed by atoms with Crippen molar-refractivity contribution in [3.63, 3.8) is 0 Å². The smallest absolute Gasteiger partial charge is 0.320 e. The summed E-state index contributed by atoms with van der Waals surface area (Å²) < 4.78 is 5.17. The van der Waals surface area contributed by atoms with Crippen LogP contribution in [-0.4, -0.2) is 49.7 Å². The lowest BCUT2D eigenvalue weighted by molar-refractivity contribution is -0.148. The number of hydrogen-bond acceptors (Lipinski definition) is 5. The Morgan fingerprint density at radius 3 is 2.50 bits per heavy atom. The molecule has 0 atom stereocenters. The monoisotopic (exact) mass is 277 g/mol. The zero-order valence-electron chi connectivity index (χ0n) is 12.2. The molecular weight excluding hydrogens is 254 g/mol. The average molecular weight is 277 g/mol. The number of nitrogens with zero attached hydrogens (tertiary/aromatic N) is 2. The zero-order chi connectivity index (χ0) is 14.5. The number of ether oxygens (including phenoxy) is 1. The van der Waals surface area contributed by atoms with Crippen LogP contribution in [0.4, 0.5) is 11.4 Å². The average Bonchev–Trinajstić information content (AvgIpc) is 2.39. The first-order valence-electron chi connectivity index (χ1n) is 7.07. The summed E-state index contributed by atoms with van der Waals surface area (Å²) >= 11 is 0. The summed E-state index contributed by atoms with van der Waals surface area (Å²) in [6.45, 7) is 7.56. The molecule has 0 amide bonds. The van der Waals surface area contributed by atoms with Gasteiger partial charge in [-0.25, -0.2) is 0 Å². The molecule has 110 valence electrons. The molecule has 20 heavy (non-hydrogen) atoms. The van der Waals surface area contributed by atoms with Gasteiger partial charge in [0.05, 0.1) is 24.0 Å². The Morgan fingerprint density at radius 1 is 1.25 bits per heavy atom. The molecular formula is C15H23N3O2. The van der Waals surface area contributed by atoms with E-state index in [0.717, 1.165) is 37.6 Å². The molecule has 1 aliphatic heterocycles. The third-order valence-electron chi connectivity index (χ3n) is 3.37. The maximum absolute atomic E-state index is 11.6. The Bertz CT molecular complexity index is 454. The highest BCUT2D eigenvalue weighted by atomic mass is 16.5. The van der Waals surface area contributed by atoms with Crippen LogP contribution in [0.25, 0.3) is 0 Å². The molecule has 1 aromatic carbocycles. The first kappa shape index (κ1) is 14.7. The quantitative estimate of drug-likeness (QED) is 0.665. The van der Waals surface area contributed by atoms with Crippen LogP contribution in [0.3, 0.4) is 0 Å². The summed E-state index contributed by atoms with van der Waals surface area (Å²) in [6, 6.07) is 7.90. The second-order valence-corrected chi connectivity index (χ2v) is 5.36. The Kier molecular flexibility index (Phi) is 4.84. The minimum absolute atomic E-state index is 0.0482. The number of carbonyl (C=O) groups is 1. The van der Waals surface area contributed by atoms with E-state index in [-0.39, 0.29) is 12.1 Å². The molecule has 0 bridgehead atoms. The number of piperazine rings is 1. The van der Waals surface area contributed by atoms with Gasteiger partial charge in [0.2, 0.25) is 0 Å². The Balaban J connectivity index is 1.84. The third-order valence-corrected chi connectivity index (χ3v) is 3.37. The van der Waals surface area contributed by atoms with Gasteiger partial charge in [0.25, 0.3) is 0 Å². The van der Waals surface area contributed by atoms with E-state index in [9.17, 15) is 4.79 Å². The predicted molar refractivity (Wildman–Crippen MR) is 80.7 cm³/mol. The molecule has 1 aliphatic rings. The number of anilines is 2. The second-order valence-electron chi connectivity index (χ2n) is 5.36. The lowest BCUT2D eigenvalue weighted by Gasteiger charge is -2.36. The van der Waals surface area contributed by atoms with Crippen LogP contribution in [0, 0.1) is 0 Å². The number of esters is 1. The first-order chi connectivity index (χ1) is 9.56. The Labute approximate surface area is 120 Å². The summed E-state index contributed by atoms with van der Waals surface area (Å²) in [5.41, 5.74) is 7.88. The molecule has 1 saturated heterocycles. The van der Waals surface area contributed by atoms with Crippen molar-refractivity contribution in [3.8, 4) is 0 Å². The number of carbonyl (C=O) groups excluding carboxylic acids is 1. The molecule has 5 heteroatoms. The van der Waals surface area contributed by atoms with Crippen LogP contribution < -0.4 is 10.6 Å². The standard InChI is InChI=1S/C15H23N3O2/c1-12(2)20-15(19)11-17-7-9-18(10-8-17)14-6-4-3-5-13(14)16/h3-6,12H,7-11,16H2,1-2H3. The molecule has 0 saturated carbocycles. The van der Waals surface area contributed by atoms with Crippen LogP contribution in [0.5, 0.6) is 0 Å². The lowest BCUT2D eigenvalue weighted by atomic mass is 10.2. The summed E-state index contributed by atoms with van der Waals surface area (Å²) in [7, 11) is 0. The van der Waals surface area contributed by atoms with E-state index in [0.29, 0.717) is 6.54 Å². The van der Waals surface area contributed by atoms with E-state index >= 15 is 0 Å². The Hall–Kier alpha value is -1.75. The maximum Gasteiger partial charge on any atom is 0.320 e. The minimum atomic E-state index is -0.146. The van der Waals surface area contributed by atoms with Crippen molar-refractivity contribution in [1.82, 2.24) is 4.90 Å². The van der Waals surface area contributed by atoms with Crippen LogP contribution in [-0.2, 0) is 9.53 Å². The largest absolute Gasteiger partial charge is 0.462 e. The molecule has 0 radical (unpaired) electrons. The van der Waals surface area contributed by atoms with Gasteiger partial charge in [0, 0.05) is 26.2 Å². The molecule has 0 aromatic heterocycles. The van der Waals surface area contributed by atoms with E-state index in [4.69, 9.17) is 10.5 Å². The lowest BCUT2D eigenvalue weighted by Crippen LogP contribution is -2.48. The summed E-state index contributed by atoms with van der Waals surface area (Å²) in [6.07, 6.45) is -0.0482. The fourth-order valence-electron chi connectivity index (χ4n) is 2.41. The highest BCUT2D eigenvalue weighted by Crippen LogP contribution is 2.23. The van der Waals surface area contributed by atoms with Crippen LogP contribution >= 0.6 is 0 Å². The van der Waals surface area contributed by atoms with Crippen molar-refractivity contribution in [1.29, 1.82) is 0 Å². The number of hydrogen-bond donors (Lipinski definition) is 1. The molecule has 1 heterocycles. The van der Waals surface area contributed by atoms with Gasteiger partial charge < -0.3 is 15.4 Å². The van der Waals surface area contributed by atoms with Gasteiger partial charge >= 0.3 is 5.97 Å². The first-order valence-corrected chi connectivity index (χ1v) is 7.07. The normalized spacial score (nSPS) is 16.4. The number of nitrogen functional groups attached to an aromatic ring is 1. The van der Waals surface area contributed by atoms with Gasteiger partial charge in [-0.05, 0) is 26.0 Å². The van der Waals surface area contributed by atoms with E-state index in [1.807, 2.05) is 38.1 Å². The minimum Gasteiger partial charge on any atom is -0.462 e. The molecule has 2 N–H and O–H groups in total. The molecule has 1 aromatic rings. The van der Waals surface area contributed by atoms with Crippen LogP contribution in [0.2, 0.25) is 0 Å². The number of para-hydroxylation sites is 2. The third kappa shape index (κ3) is 3.87. The number of rotatable bonds is 4. The zero-order valence-corrected chi connectivity index (χ0v) is 12.2. The van der Waals surface area contributed by atoms with Gasteiger partial charge in [-0.15, -0.1) is 0 Å². The fraction of sp³-hybridized carbons (Fsp3) is 0.533. The maximum atomic E-state index is 11.6. The number of nitrogens with two attached hydrogens (primary N) is 1. The highest BCUT2D eigenvalue weighted by molar-refractivity contribution is 5.72. The highest BCUT2D eigenvalue weighted by Gasteiger charge is 2.20. The molecule has 0 spiro atoms. The van der Waals surface area contributed by atoms with E-state index in [1.54, 1.807) is 0 Å². The summed E-state index contributed by atoms with van der Waals surface area (Å²) in [5.74, 6) is -0.146. The predicted octanol–water partition coefficient (Wildman–Crippen LogP) is 1.34. The van der Waals surface area contributed by atoms with Gasteiger partial charge in [-0.2, -0.15) is 0 Å². The van der Waals surface area contributed by atoms with E-state index < -0.39 is 0 Å². The van der Waals surface area contributed by atoms with Crippen molar-refractivity contribution in [2.45, 2.75) is 20.0 Å². The molecule has 0 unspecified atom stereocenters. The topological polar surface area (TPSA) is 58.8 Å². The van der Waals surface area contributed by atoms with Gasteiger partial charge in [0.1, 0.15) is 0 Å². The van der Waals surface area contributed by atoms with Crippen molar-refractivity contribution in [2.75, 3.05) is 43.4 Å². The van der Waals surface area contributed by atoms with Crippen molar-refractivity contribution in [2.24, 2.45) is 0 Å². The fourth-order valence-corrected chi connectivity index (χ4v) is 2.41. The van der Waals surface area contributed by atoms with Gasteiger partial charge in [-0.1, -0.05) is 12.1 Å². The molecule has 2 rings (SSSR count). The Morgan fingerprint density at radius 2 is 1.90 bits per heavy atom.